The van der Waals surface area contributed by atoms with Crippen molar-refractivity contribution >= 4 is 23.7 Å². The fourth-order valence-electron chi connectivity index (χ4n) is 4.55. The van der Waals surface area contributed by atoms with Gasteiger partial charge in [0.2, 0.25) is 0 Å². The summed E-state index contributed by atoms with van der Waals surface area (Å²) in [6.07, 6.45) is 6.06. The Bertz CT molecular complexity index is 1090. The van der Waals surface area contributed by atoms with Gasteiger partial charge in [-0.15, -0.1) is 0 Å². The third-order valence-corrected chi connectivity index (χ3v) is 5.80. The second-order valence-electron chi connectivity index (χ2n) is 7.35. The van der Waals surface area contributed by atoms with E-state index in [0.29, 0.717) is 0 Å². The molecule has 3 aliphatic rings. The topological polar surface area (TPSA) is 106 Å². The van der Waals surface area contributed by atoms with Gasteiger partial charge >= 0.3 is 0 Å². The Balaban J connectivity index is 1.39. The van der Waals surface area contributed by atoms with E-state index in [0.717, 1.165) is 23.6 Å². The number of hydrogen-bond donors (Lipinski definition) is 0. The first-order chi connectivity index (χ1) is 13.9. The van der Waals surface area contributed by atoms with Crippen LogP contribution in [0.25, 0.3) is 11.3 Å². The average Bonchev–Trinajstić information content (AvgIpc) is 3.46. The minimum Gasteiger partial charge on any atom is -0.455 e. The highest BCUT2D eigenvalue weighted by Gasteiger charge is 2.59. The number of furan rings is 1. The highest BCUT2D eigenvalue weighted by molar-refractivity contribution is 6.06. The van der Waals surface area contributed by atoms with E-state index in [1.165, 1.54) is 24.4 Å². The molecule has 0 N–H and O–H groups in total. The maximum Gasteiger partial charge on any atom is 0.283 e. The van der Waals surface area contributed by atoms with E-state index in [2.05, 4.69) is 5.10 Å². The molecule has 1 saturated heterocycles. The van der Waals surface area contributed by atoms with E-state index in [9.17, 15) is 24.1 Å². The molecular formula is C20H14FN3O5. The predicted molar refractivity (Wildman–Crippen MR) is 97.9 cm³/mol. The molecule has 2 amide bonds. The number of fused-ring (bicyclic) bond motifs is 5. The summed E-state index contributed by atoms with van der Waals surface area (Å²) >= 11 is 0. The largest absolute Gasteiger partial charge is 0.455 e. The molecule has 29 heavy (non-hydrogen) atoms. The van der Waals surface area contributed by atoms with Crippen molar-refractivity contribution in [3.8, 4) is 11.3 Å². The van der Waals surface area contributed by atoms with Gasteiger partial charge < -0.3 is 4.42 Å². The normalized spacial score (nSPS) is 27.4. The van der Waals surface area contributed by atoms with Crippen LogP contribution in [0.15, 0.2) is 52.0 Å². The molecular weight excluding hydrogens is 381 g/mol. The number of imide groups is 1. The molecule has 5 rings (SSSR count). The summed E-state index contributed by atoms with van der Waals surface area (Å²) in [7, 11) is 0. The van der Waals surface area contributed by atoms with E-state index in [1.807, 2.05) is 12.2 Å². The van der Waals surface area contributed by atoms with E-state index >= 15 is 0 Å². The first kappa shape index (κ1) is 17.5. The summed E-state index contributed by atoms with van der Waals surface area (Å²) in [5.74, 6) is -1.50. The minimum absolute atomic E-state index is 0.0934. The molecule has 2 aromatic rings. The van der Waals surface area contributed by atoms with Crippen LogP contribution in [0.1, 0.15) is 12.2 Å². The fraction of sp³-hybridized carbons (Fsp3) is 0.250. The van der Waals surface area contributed by atoms with Gasteiger partial charge in [0.25, 0.3) is 17.5 Å². The Labute approximate surface area is 163 Å². The molecule has 0 unspecified atom stereocenters. The zero-order chi connectivity index (χ0) is 20.3. The van der Waals surface area contributed by atoms with Crippen molar-refractivity contribution in [1.29, 1.82) is 0 Å². The molecule has 8 nitrogen and oxygen atoms in total. The van der Waals surface area contributed by atoms with Crippen molar-refractivity contribution in [1.82, 2.24) is 5.01 Å². The van der Waals surface area contributed by atoms with Crippen molar-refractivity contribution in [3.05, 3.63) is 64.2 Å². The number of carbonyl (C=O) groups excluding carboxylic acids is 2. The summed E-state index contributed by atoms with van der Waals surface area (Å²) in [5, 5.41) is 16.1. The predicted octanol–water partition coefficient (Wildman–Crippen LogP) is 3.13. The van der Waals surface area contributed by atoms with Gasteiger partial charge in [-0.1, -0.05) is 12.2 Å². The lowest BCUT2D eigenvalue weighted by atomic mass is 9.85. The van der Waals surface area contributed by atoms with Crippen molar-refractivity contribution in [3.63, 3.8) is 0 Å². The molecule has 0 radical (unpaired) electrons. The molecule has 1 aromatic heterocycles. The Morgan fingerprint density at radius 3 is 2.48 bits per heavy atom. The van der Waals surface area contributed by atoms with Gasteiger partial charge in [0, 0.05) is 0 Å². The van der Waals surface area contributed by atoms with Gasteiger partial charge in [0.1, 0.15) is 17.3 Å². The number of hydrazone groups is 1. The standard InChI is InChI=1S/C20H14FN3O5/c21-12-3-5-14(15(8-12)24(27)28)16-6-4-13(29-16)9-22-23-19(25)17-10-1-2-11(7-10)18(17)20(23)26/h1-6,8-11,17-18H,7H2/b22-9-/t10-,11-,17-,18+/m0/s1. The van der Waals surface area contributed by atoms with Gasteiger partial charge in [0.15, 0.2) is 0 Å². The monoisotopic (exact) mass is 395 g/mol. The number of nitro benzene ring substituents is 1. The van der Waals surface area contributed by atoms with Gasteiger partial charge in [-0.05, 0) is 42.5 Å². The maximum absolute atomic E-state index is 13.3. The number of carbonyl (C=O) groups is 2. The summed E-state index contributed by atoms with van der Waals surface area (Å²) in [4.78, 5) is 35.7. The van der Waals surface area contributed by atoms with Crippen LogP contribution < -0.4 is 0 Å². The number of halogens is 1. The van der Waals surface area contributed by atoms with Crippen LogP contribution in [-0.4, -0.2) is 28.0 Å². The Morgan fingerprint density at radius 2 is 1.83 bits per heavy atom. The highest BCUT2D eigenvalue weighted by atomic mass is 19.1. The SMILES string of the molecule is O=C1[C@@H]2[C@H](C(=O)N1/N=C\c1ccc(-c3ccc(F)cc3[N+](=O)[O-])o1)[C@H]1C=C[C@H]2C1. The maximum atomic E-state index is 13.3. The van der Waals surface area contributed by atoms with Crippen molar-refractivity contribution < 1.29 is 23.3 Å². The first-order valence-corrected chi connectivity index (χ1v) is 9.08. The van der Waals surface area contributed by atoms with Gasteiger partial charge in [-0.25, -0.2) is 4.39 Å². The van der Waals surface area contributed by atoms with Crippen molar-refractivity contribution in [2.24, 2.45) is 28.8 Å². The van der Waals surface area contributed by atoms with Gasteiger partial charge in [-0.2, -0.15) is 10.1 Å². The molecule has 0 spiro atoms. The zero-order valence-corrected chi connectivity index (χ0v) is 14.9. The minimum atomic E-state index is -0.728. The molecule has 2 heterocycles. The Morgan fingerprint density at radius 1 is 1.14 bits per heavy atom. The highest BCUT2D eigenvalue weighted by Crippen LogP contribution is 2.52. The molecule has 2 bridgehead atoms. The van der Waals surface area contributed by atoms with Crippen molar-refractivity contribution in [2.75, 3.05) is 0 Å². The Hall–Kier alpha value is -3.62. The lowest BCUT2D eigenvalue weighted by molar-refractivity contribution is -0.384. The molecule has 1 aliphatic heterocycles. The number of nitro groups is 1. The molecule has 1 saturated carbocycles. The smallest absolute Gasteiger partial charge is 0.283 e. The van der Waals surface area contributed by atoms with Crippen molar-refractivity contribution in [2.45, 2.75) is 6.42 Å². The summed E-state index contributed by atoms with van der Waals surface area (Å²) in [6.45, 7) is 0. The second-order valence-corrected chi connectivity index (χ2v) is 7.35. The third-order valence-electron chi connectivity index (χ3n) is 5.80. The number of benzene rings is 1. The van der Waals surface area contributed by atoms with Crippen LogP contribution in [0.5, 0.6) is 0 Å². The molecule has 9 heteroatoms. The van der Waals surface area contributed by atoms with Crippen LogP contribution in [0.4, 0.5) is 10.1 Å². The molecule has 2 aliphatic carbocycles. The number of nitrogens with zero attached hydrogens (tertiary/aromatic N) is 3. The lowest BCUT2D eigenvalue weighted by Gasteiger charge is -2.13. The van der Waals surface area contributed by atoms with Crippen LogP contribution in [-0.2, 0) is 9.59 Å². The first-order valence-electron chi connectivity index (χ1n) is 9.08. The van der Waals surface area contributed by atoms with Crippen LogP contribution in [0.3, 0.4) is 0 Å². The average molecular weight is 395 g/mol. The molecule has 146 valence electrons. The number of rotatable bonds is 4. The third kappa shape index (κ3) is 2.61. The molecule has 2 fully saturated rings. The summed E-state index contributed by atoms with van der Waals surface area (Å²) in [5.41, 5.74) is -0.315. The fourth-order valence-corrected chi connectivity index (χ4v) is 4.55. The van der Waals surface area contributed by atoms with E-state index in [4.69, 9.17) is 4.42 Å². The van der Waals surface area contributed by atoms with E-state index < -0.39 is 16.4 Å². The lowest BCUT2D eigenvalue weighted by Crippen LogP contribution is -2.28. The molecule has 4 atom stereocenters. The second kappa shape index (κ2) is 6.20. The molecule has 1 aromatic carbocycles. The number of amides is 2. The van der Waals surface area contributed by atoms with E-state index in [1.54, 1.807) is 0 Å². The van der Waals surface area contributed by atoms with Crippen LogP contribution in [0.2, 0.25) is 0 Å². The van der Waals surface area contributed by atoms with Crippen LogP contribution in [0, 0.1) is 39.6 Å². The number of allylic oxidation sites excluding steroid dienone is 2. The van der Waals surface area contributed by atoms with E-state index in [-0.39, 0.29) is 52.6 Å². The number of hydrogen-bond acceptors (Lipinski definition) is 6. The van der Waals surface area contributed by atoms with Crippen LogP contribution >= 0.6 is 0 Å². The van der Waals surface area contributed by atoms with Gasteiger partial charge in [-0.3, -0.25) is 19.7 Å². The quantitative estimate of drug-likeness (QED) is 0.260. The zero-order valence-electron chi connectivity index (χ0n) is 14.9. The van der Waals surface area contributed by atoms with Gasteiger partial charge in [0.05, 0.1) is 34.6 Å². The summed E-state index contributed by atoms with van der Waals surface area (Å²) < 4.78 is 18.9. The summed E-state index contributed by atoms with van der Waals surface area (Å²) in [6, 6.07) is 6.15. The Kier molecular flexibility index (Phi) is 3.73.